The number of anilines is 1. The molecule has 0 saturated carbocycles. The fourth-order valence-electron chi connectivity index (χ4n) is 3.08. The molecule has 0 spiro atoms. The molecule has 1 N–H and O–H groups in total. The molecule has 0 aromatic heterocycles. The molecule has 0 saturated heterocycles. The quantitative estimate of drug-likeness (QED) is 0.844. The molecule has 0 aliphatic rings. The lowest BCUT2D eigenvalue weighted by molar-refractivity contribution is -0.119. The Morgan fingerprint density at radius 1 is 1.00 bits per heavy atom. The Morgan fingerprint density at radius 3 is 2.16 bits per heavy atom. The van der Waals surface area contributed by atoms with Crippen LogP contribution in [0.5, 0.6) is 11.5 Å². The number of ether oxygens (including phenoxy) is 2. The van der Waals surface area contributed by atoms with Gasteiger partial charge >= 0.3 is 0 Å². The van der Waals surface area contributed by atoms with Gasteiger partial charge in [-0.3, -0.25) is 4.79 Å². The van der Waals surface area contributed by atoms with Crippen LogP contribution in [0.25, 0.3) is 0 Å². The van der Waals surface area contributed by atoms with Gasteiger partial charge in [-0.1, -0.05) is 30.7 Å². The molecule has 1 amide bonds. The van der Waals surface area contributed by atoms with Gasteiger partial charge in [-0.15, -0.1) is 0 Å². The zero-order valence-electron chi connectivity index (χ0n) is 15.9. The maximum atomic E-state index is 12.6. The summed E-state index contributed by atoms with van der Waals surface area (Å²) in [7, 11) is 3.22. The first-order chi connectivity index (χ1) is 11.8. The molecule has 4 heteroatoms. The van der Waals surface area contributed by atoms with Crippen LogP contribution in [0.4, 0.5) is 5.69 Å². The molecule has 0 fully saturated rings. The number of carbonyl (C=O) groups is 1. The number of methoxy groups -OCH3 is 2. The molecule has 0 aliphatic heterocycles. The fourth-order valence-corrected chi connectivity index (χ4v) is 3.08. The van der Waals surface area contributed by atoms with Crippen molar-refractivity contribution in [3.05, 3.63) is 52.6 Å². The van der Waals surface area contributed by atoms with Crippen molar-refractivity contribution >= 4 is 11.6 Å². The van der Waals surface area contributed by atoms with E-state index in [9.17, 15) is 4.79 Å². The van der Waals surface area contributed by atoms with Crippen LogP contribution in [-0.2, 0) is 11.2 Å². The Morgan fingerprint density at radius 2 is 1.60 bits per heavy atom. The van der Waals surface area contributed by atoms with Gasteiger partial charge in [-0.2, -0.15) is 0 Å². The van der Waals surface area contributed by atoms with Gasteiger partial charge in [0.05, 0.1) is 14.2 Å². The lowest BCUT2D eigenvalue weighted by Crippen LogP contribution is -2.23. The summed E-state index contributed by atoms with van der Waals surface area (Å²) in [4.78, 5) is 12.6. The van der Waals surface area contributed by atoms with Crippen molar-refractivity contribution in [1.82, 2.24) is 0 Å². The van der Waals surface area contributed by atoms with Crippen LogP contribution in [-0.4, -0.2) is 20.1 Å². The minimum absolute atomic E-state index is 0.0184. The van der Waals surface area contributed by atoms with E-state index in [0.29, 0.717) is 17.9 Å². The van der Waals surface area contributed by atoms with E-state index in [2.05, 4.69) is 24.4 Å². The van der Waals surface area contributed by atoms with E-state index in [4.69, 9.17) is 9.47 Å². The van der Waals surface area contributed by atoms with Crippen LogP contribution in [0.1, 0.15) is 29.2 Å². The number of benzene rings is 2. The van der Waals surface area contributed by atoms with Crippen molar-refractivity contribution in [2.75, 3.05) is 19.5 Å². The Bertz CT molecular complexity index is 745. The molecule has 0 radical (unpaired) electrons. The highest BCUT2D eigenvalue weighted by Gasteiger charge is 2.17. The van der Waals surface area contributed by atoms with E-state index in [1.807, 2.05) is 39.0 Å². The first-order valence-corrected chi connectivity index (χ1v) is 8.45. The molecule has 1 unspecified atom stereocenters. The predicted molar refractivity (Wildman–Crippen MR) is 102 cm³/mol. The first kappa shape index (κ1) is 18.8. The van der Waals surface area contributed by atoms with Gasteiger partial charge in [-0.05, 0) is 56.0 Å². The SMILES string of the molecule is COc1ccc(CC(C)C(=O)Nc2c(C)cc(C)cc2C)cc1OC. The maximum absolute atomic E-state index is 12.6. The van der Waals surface area contributed by atoms with Crippen LogP contribution in [0.2, 0.25) is 0 Å². The van der Waals surface area contributed by atoms with E-state index in [0.717, 1.165) is 22.4 Å². The first-order valence-electron chi connectivity index (χ1n) is 8.45. The second kappa shape index (κ2) is 8.06. The van der Waals surface area contributed by atoms with Gasteiger partial charge in [-0.25, -0.2) is 0 Å². The van der Waals surface area contributed by atoms with E-state index in [1.165, 1.54) is 5.56 Å². The van der Waals surface area contributed by atoms with Crippen molar-refractivity contribution in [2.24, 2.45) is 5.92 Å². The number of nitrogens with one attached hydrogen (secondary N) is 1. The number of rotatable bonds is 6. The third kappa shape index (κ3) is 4.53. The van der Waals surface area contributed by atoms with Crippen LogP contribution >= 0.6 is 0 Å². The molecule has 4 nitrogen and oxygen atoms in total. The maximum Gasteiger partial charge on any atom is 0.227 e. The van der Waals surface area contributed by atoms with Crippen LogP contribution in [0.15, 0.2) is 30.3 Å². The molecule has 1 atom stereocenters. The Kier molecular flexibility index (Phi) is 6.07. The van der Waals surface area contributed by atoms with Gasteiger partial charge < -0.3 is 14.8 Å². The summed E-state index contributed by atoms with van der Waals surface area (Å²) in [6.07, 6.45) is 0.635. The Balaban J connectivity index is 2.11. The van der Waals surface area contributed by atoms with E-state index in [-0.39, 0.29) is 11.8 Å². The molecule has 25 heavy (non-hydrogen) atoms. The van der Waals surface area contributed by atoms with Gasteiger partial charge in [0.1, 0.15) is 0 Å². The highest BCUT2D eigenvalue weighted by molar-refractivity contribution is 5.94. The molecule has 2 rings (SSSR count). The zero-order valence-corrected chi connectivity index (χ0v) is 15.9. The van der Waals surface area contributed by atoms with E-state index in [1.54, 1.807) is 14.2 Å². The summed E-state index contributed by atoms with van der Waals surface area (Å²) in [5.41, 5.74) is 5.33. The molecular formula is C21H27NO3. The van der Waals surface area contributed by atoms with E-state index >= 15 is 0 Å². The van der Waals surface area contributed by atoms with Crippen LogP contribution in [0.3, 0.4) is 0 Å². The lowest BCUT2D eigenvalue weighted by Gasteiger charge is -2.17. The van der Waals surface area contributed by atoms with Crippen molar-refractivity contribution < 1.29 is 14.3 Å². The summed E-state index contributed by atoms with van der Waals surface area (Å²) >= 11 is 0. The molecule has 2 aromatic rings. The third-order valence-corrected chi connectivity index (χ3v) is 4.36. The summed E-state index contributed by atoms with van der Waals surface area (Å²) in [6.45, 7) is 8.04. The normalized spacial score (nSPS) is 11.8. The Labute approximate surface area is 150 Å². The summed E-state index contributed by atoms with van der Waals surface area (Å²) in [6, 6.07) is 9.93. The average Bonchev–Trinajstić information content (AvgIpc) is 2.57. The van der Waals surface area contributed by atoms with Gasteiger partial charge in [0, 0.05) is 11.6 Å². The van der Waals surface area contributed by atoms with Gasteiger partial charge in [0.2, 0.25) is 5.91 Å². The summed E-state index contributed by atoms with van der Waals surface area (Å²) < 4.78 is 10.6. The summed E-state index contributed by atoms with van der Waals surface area (Å²) in [5.74, 6) is 1.23. The molecule has 2 aromatic carbocycles. The topological polar surface area (TPSA) is 47.6 Å². The molecule has 0 aliphatic carbocycles. The number of aryl methyl sites for hydroxylation is 3. The van der Waals surface area contributed by atoms with Crippen LogP contribution < -0.4 is 14.8 Å². The van der Waals surface area contributed by atoms with Crippen molar-refractivity contribution in [3.63, 3.8) is 0 Å². The average molecular weight is 341 g/mol. The Hall–Kier alpha value is -2.49. The number of hydrogen-bond donors (Lipinski definition) is 1. The number of carbonyl (C=O) groups excluding carboxylic acids is 1. The molecular weight excluding hydrogens is 314 g/mol. The highest BCUT2D eigenvalue weighted by atomic mass is 16.5. The molecule has 0 heterocycles. The van der Waals surface area contributed by atoms with Crippen LogP contribution in [0, 0.1) is 26.7 Å². The molecule has 134 valence electrons. The largest absolute Gasteiger partial charge is 0.493 e. The van der Waals surface area contributed by atoms with Crippen molar-refractivity contribution in [3.8, 4) is 11.5 Å². The smallest absolute Gasteiger partial charge is 0.227 e. The van der Waals surface area contributed by atoms with Gasteiger partial charge in [0.15, 0.2) is 11.5 Å². The van der Waals surface area contributed by atoms with Crippen molar-refractivity contribution in [2.45, 2.75) is 34.1 Å². The lowest BCUT2D eigenvalue weighted by atomic mass is 9.99. The second-order valence-electron chi connectivity index (χ2n) is 6.56. The van der Waals surface area contributed by atoms with Crippen molar-refractivity contribution in [1.29, 1.82) is 0 Å². The fraction of sp³-hybridized carbons (Fsp3) is 0.381. The van der Waals surface area contributed by atoms with Gasteiger partial charge in [0.25, 0.3) is 0 Å². The number of hydrogen-bond acceptors (Lipinski definition) is 3. The molecule has 0 bridgehead atoms. The monoisotopic (exact) mass is 341 g/mol. The second-order valence-corrected chi connectivity index (χ2v) is 6.56. The minimum atomic E-state index is -0.154. The minimum Gasteiger partial charge on any atom is -0.493 e. The highest BCUT2D eigenvalue weighted by Crippen LogP contribution is 2.29. The standard InChI is InChI=1S/C21H27NO3/c1-13-9-14(2)20(15(3)10-13)22-21(23)16(4)11-17-7-8-18(24-5)19(12-17)25-6/h7-10,12,16H,11H2,1-6H3,(H,22,23). The third-order valence-electron chi connectivity index (χ3n) is 4.36. The van der Waals surface area contributed by atoms with E-state index < -0.39 is 0 Å². The number of amides is 1. The zero-order chi connectivity index (χ0) is 18.6. The predicted octanol–water partition coefficient (Wildman–Crippen LogP) is 4.45. The summed E-state index contributed by atoms with van der Waals surface area (Å²) in [5, 5.41) is 3.08.